The molecule has 1 fully saturated rings. The van der Waals surface area contributed by atoms with Crippen LogP contribution in [0.15, 0.2) is 47.4 Å². The van der Waals surface area contributed by atoms with Crippen LogP contribution in [0.1, 0.15) is 22.8 Å². The Morgan fingerprint density at radius 2 is 1.77 bits per heavy atom. The first-order chi connectivity index (χ1) is 14.5. The minimum Gasteiger partial charge on any atom is -0.336 e. The van der Waals surface area contributed by atoms with E-state index in [0.29, 0.717) is 29.2 Å². The summed E-state index contributed by atoms with van der Waals surface area (Å²) >= 11 is 0. The van der Waals surface area contributed by atoms with Crippen LogP contribution < -0.4 is 4.90 Å². The highest BCUT2D eigenvalue weighted by molar-refractivity contribution is 7.86. The molecule has 0 bridgehead atoms. The third-order valence-electron chi connectivity index (χ3n) is 5.66. The van der Waals surface area contributed by atoms with Gasteiger partial charge in [0.1, 0.15) is 11.6 Å². The van der Waals surface area contributed by atoms with E-state index < -0.39 is 10.8 Å². The molecule has 8 heteroatoms. The molecular formula is C22H24FN3O3S. The van der Waals surface area contributed by atoms with Gasteiger partial charge in [-0.2, -0.15) is 0 Å². The molecule has 0 N–H and O–H groups in total. The van der Waals surface area contributed by atoms with E-state index in [0.717, 1.165) is 25.2 Å². The van der Waals surface area contributed by atoms with Gasteiger partial charge < -0.3 is 14.7 Å². The zero-order chi connectivity index (χ0) is 21.3. The number of piperazine rings is 1. The zero-order valence-corrected chi connectivity index (χ0v) is 17.7. The SMILES string of the molecule is CCN1CCN(C(=O)c2ccc3c(c2)N(Cc2ccc(F)cc2)C(=O)C[S@]3=O)CC1. The van der Waals surface area contributed by atoms with Crippen molar-refractivity contribution in [2.45, 2.75) is 18.4 Å². The quantitative estimate of drug-likeness (QED) is 0.748. The van der Waals surface area contributed by atoms with E-state index >= 15 is 0 Å². The Balaban J connectivity index is 1.61. The maximum atomic E-state index is 13.2. The van der Waals surface area contributed by atoms with Gasteiger partial charge in [0, 0.05) is 31.7 Å². The number of hydrogen-bond donors (Lipinski definition) is 0. The van der Waals surface area contributed by atoms with Gasteiger partial charge in [-0.3, -0.25) is 13.8 Å². The van der Waals surface area contributed by atoms with Crippen molar-refractivity contribution in [3.8, 4) is 0 Å². The number of halogens is 1. The van der Waals surface area contributed by atoms with Gasteiger partial charge in [0.2, 0.25) is 5.91 Å². The predicted molar refractivity (Wildman–Crippen MR) is 113 cm³/mol. The summed E-state index contributed by atoms with van der Waals surface area (Å²) in [6.45, 7) is 6.30. The Bertz CT molecular complexity index is 988. The molecule has 0 aliphatic carbocycles. The number of carbonyl (C=O) groups is 2. The van der Waals surface area contributed by atoms with Crippen molar-refractivity contribution in [1.29, 1.82) is 0 Å². The number of rotatable bonds is 4. The summed E-state index contributed by atoms with van der Waals surface area (Å²) in [5.74, 6) is -0.799. The summed E-state index contributed by atoms with van der Waals surface area (Å²) in [5, 5.41) is 0. The van der Waals surface area contributed by atoms with Gasteiger partial charge in [0.15, 0.2) is 0 Å². The largest absolute Gasteiger partial charge is 0.336 e. The molecule has 0 saturated carbocycles. The molecule has 2 heterocycles. The van der Waals surface area contributed by atoms with Crippen molar-refractivity contribution in [1.82, 2.24) is 9.80 Å². The monoisotopic (exact) mass is 429 g/mol. The van der Waals surface area contributed by atoms with E-state index in [4.69, 9.17) is 0 Å². The number of anilines is 1. The highest BCUT2D eigenvalue weighted by Gasteiger charge is 2.31. The van der Waals surface area contributed by atoms with E-state index in [1.54, 1.807) is 30.3 Å². The van der Waals surface area contributed by atoms with E-state index in [9.17, 15) is 18.2 Å². The number of amides is 2. The van der Waals surface area contributed by atoms with Gasteiger partial charge in [-0.1, -0.05) is 19.1 Å². The molecule has 2 aromatic rings. The molecule has 2 amide bonds. The minimum atomic E-state index is -1.44. The highest BCUT2D eigenvalue weighted by atomic mass is 32.2. The van der Waals surface area contributed by atoms with Gasteiger partial charge in [-0.15, -0.1) is 0 Å². The summed E-state index contributed by atoms with van der Waals surface area (Å²) in [4.78, 5) is 31.9. The van der Waals surface area contributed by atoms with Crippen molar-refractivity contribution in [2.75, 3.05) is 43.4 Å². The van der Waals surface area contributed by atoms with Crippen molar-refractivity contribution in [3.05, 3.63) is 59.4 Å². The van der Waals surface area contributed by atoms with Gasteiger partial charge in [0.05, 0.1) is 27.9 Å². The van der Waals surface area contributed by atoms with Crippen molar-refractivity contribution >= 4 is 28.3 Å². The van der Waals surface area contributed by atoms with E-state index in [-0.39, 0.29) is 29.9 Å². The Labute approximate surface area is 177 Å². The fourth-order valence-electron chi connectivity index (χ4n) is 3.85. The van der Waals surface area contributed by atoms with Crippen LogP contribution in [0.4, 0.5) is 10.1 Å². The van der Waals surface area contributed by atoms with Gasteiger partial charge in [-0.25, -0.2) is 4.39 Å². The lowest BCUT2D eigenvalue weighted by molar-refractivity contribution is -0.116. The summed E-state index contributed by atoms with van der Waals surface area (Å²) in [5.41, 5.74) is 1.73. The molecule has 2 aliphatic heterocycles. The standard InChI is InChI=1S/C22H24FN3O3S/c1-2-24-9-11-25(12-10-24)22(28)17-5-8-20-19(13-17)26(21(27)15-30(20)29)14-16-3-6-18(23)7-4-16/h3-8,13H,2,9-12,14-15H2,1H3/t30-/m1/s1. The summed E-state index contributed by atoms with van der Waals surface area (Å²) in [6.07, 6.45) is 0. The third-order valence-corrected chi connectivity index (χ3v) is 7.00. The lowest BCUT2D eigenvalue weighted by Crippen LogP contribution is -2.48. The van der Waals surface area contributed by atoms with E-state index in [2.05, 4.69) is 11.8 Å². The fraction of sp³-hybridized carbons (Fsp3) is 0.364. The number of hydrogen-bond acceptors (Lipinski definition) is 4. The lowest BCUT2D eigenvalue weighted by atomic mass is 10.1. The van der Waals surface area contributed by atoms with E-state index in [1.165, 1.54) is 17.0 Å². The second kappa shape index (κ2) is 8.65. The summed E-state index contributed by atoms with van der Waals surface area (Å²) < 4.78 is 25.7. The Morgan fingerprint density at radius 1 is 1.07 bits per heavy atom. The first-order valence-electron chi connectivity index (χ1n) is 10.0. The number of likely N-dealkylation sites (N-methyl/N-ethyl adjacent to an activating group) is 1. The second-order valence-corrected chi connectivity index (χ2v) is 8.92. The fourth-order valence-corrected chi connectivity index (χ4v) is 5.01. The lowest BCUT2D eigenvalue weighted by Gasteiger charge is -2.34. The van der Waals surface area contributed by atoms with Crippen molar-refractivity contribution in [2.24, 2.45) is 0 Å². The normalized spacial score (nSPS) is 19.7. The predicted octanol–water partition coefficient (Wildman–Crippen LogP) is 2.26. The van der Waals surface area contributed by atoms with Crippen LogP contribution in [0.5, 0.6) is 0 Å². The van der Waals surface area contributed by atoms with Gasteiger partial charge in [-0.05, 0) is 42.4 Å². The molecule has 158 valence electrons. The maximum Gasteiger partial charge on any atom is 0.254 e. The number of fused-ring (bicyclic) bond motifs is 1. The molecule has 2 aromatic carbocycles. The summed E-state index contributed by atoms with van der Waals surface area (Å²) in [7, 11) is -1.44. The molecule has 2 aliphatic rings. The zero-order valence-electron chi connectivity index (χ0n) is 16.8. The number of nitrogens with zero attached hydrogens (tertiary/aromatic N) is 3. The molecule has 0 spiro atoms. The first kappa shape index (κ1) is 20.7. The average Bonchev–Trinajstić information content (AvgIpc) is 2.77. The topological polar surface area (TPSA) is 60.9 Å². The molecule has 0 aromatic heterocycles. The molecular weight excluding hydrogens is 405 g/mol. The number of carbonyl (C=O) groups excluding carboxylic acids is 2. The molecule has 0 unspecified atom stereocenters. The first-order valence-corrected chi connectivity index (χ1v) is 11.4. The van der Waals surface area contributed by atoms with E-state index in [1.807, 2.05) is 4.90 Å². The van der Waals surface area contributed by atoms with Crippen LogP contribution in [-0.2, 0) is 22.1 Å². The molecule has 6 nitrogen and oxygen atoms in total. The molecule has 4 rings (SSSR count). The average molecular weight is 430 g/mol. The van der Waals surface area contributed by atoms with Crippen LogP contribution in [0.2, 0.25) is 0 Å². The molecule has 0 radical (unpaired) electrons. The summed E-state index contributed by atoms with van der Waals surface area (Å²) in [6, 6.07) is 11.0. The smallest absolute Gasteiger partial charge is 0.254 e. The van der Waals surface area contributed by atoms with Crippen LogP contribution in [-0.4, -0.2) is 64.3 Å². The molecule has 1 atom stereocenters. The third kappa shape index (κ3) is 4.15. The number of benzene rings is 2. The van der Waals surface area contributed by atoms with Crippen molar-refractivity contribution < 1.29 is 18.2 Å². The Kier molecular flexibility index (Phi) is 5.97. The van der Waals surface area contributed by atoms with Crippen LogP contribution in [0, 0.1) is 5.82 Å². The van der Waals surface area contributed by atoms with Crippen molar-refractivity contribution in [3.63, 3.8) is 0 Å². The Hall–Kier alpha value is -2.58. The second-order valence-electron chi connectivity index (χ2n) is 7.51. The Morgan fingerprint density at radius 3 is 2.43 bits per heavy atom. The highest BCUT2D eigenvalue weighted by Crippen LogP contribution is 2.32. The minimum absolute atomic E-state index is 0.0842. The van der Waals surface area contributed by atoms with Gasteiger partial charge in [0.25, 0.3) is 5.91 Å². The van der Waals surface area contributed by atoms with Gasteiger partial charge >= 0.3 is 0 Å². The molecule has 1 saturated heterocycles. The van der Waals surface area contributed by atoms with Crippen LogP contribution >= 0.6 is 0 Å². The van der Waals surface area contributed by atoms with Crippen LogP contribution in [0.3, 0.4) is 0 Å². The maximum absolute atomic E-state index is 13.2. The van der Waals surface area contributed by atoms with Crippen LogP contribution in [0.25, 0.3) is 0 Å². The molecule has 30 heavy (non-hydrogen) atoms.